The van der Waals surface area contributed by atoms with E-state index in [1.807, 2.05) is 0 Å². The molecule has 1 aromatic rings. The van der Waals surface area contributed by atoms with Crippen LogP contribution >= 0.6 is 34.5 Å². The lowest BCUT2D eigenvalue weighted by Crippen LogP contribution is -2.40. The van der Waals surface area contributed by atoms with E-state index in [-0.39, 0.29) is 29.2 Å². The zero-order valence-electron chi connectivity index (χ0n) is 10.1. The average Bonchev–Trinajstić information content (AvgIpc) is 2.66. The molecule has 6 nitrogen and oxygen atoms in total. The second-order valence-corrected chi connectivity index (χ2v) is 6.17. The highest BCUT2D eigenvalue weighted by Gasteiger charge is 2.23. The van der Waals surface area contributed by atoms with Gasteiger partial charge in [0.2, 0.25) is 0 Å². The van der Waals surface area contributed by atoms with E-state index >= 15 is 0 Å². The van der Waals surface area contributed by atoms with Gasteiger partial charge in [-0.15, -0.1) is 11.3 Å². The molecule has 9 heteroatoms. The molecule has 0 fully saturated rings. The summed E-state index contributed by atoms with van der Waals surface area (Å²) in [6, 6.07) is 0.177. The predicted octanol–water partition coefficient (Wildman–Crippen LogP) is 2.49. The molecule has 3 N–H and O–H groups in total. The lowest BCUT2D eigenvalue weighted by Gasteiger charge is -2.13. The van der Waals surface area contributed by atoms with Gasteiger partial charge in [-0.05, 0) is 18.9 Å². The standard InChI is InChI=1S/C11H11Cl2NO5S/c12-7-4-5(9(13)20-7)10(17)14-6(11(18)19)2-1-3-8(15)16/h4,6H,1-3H2,(H,14,17)(H,15,16)(H,18,19)/t6-/m1/s1. The van der Waals surface area contributed by atoms with Crippen molar-refractivity contribution in [3.05, 3.63) is 20.3 Å². The Morgan fingerprint density at radius 3 is 2.40 bits per heavy atom. The normalized spacial score (nSPS) is 11.9. The molecule has 0 aliphatic rings. The molecule has 0 saturated carbocycles. The molecule has 0 bridgehead atoms. The first-order valence-corrected chi connectivity index (χ1v) is 7.08. The number of carboxylic acids is 2. The molecular formula is C11H11Cl2NO5S. The molecule has 0 radical (unpaired) electrons. The monoisotopic (exact) mass is 339 g/mol. The van der Waals surface area contributed by atoms with E-state index in [0.29, 0.717) is 4.34 Å². The minimum Gasteiger partial charge on any atom is -0.481 e. The number of aliphatic carboxylic acids is 2. The largest absolute Gasteiger partial charge is 0.481 e. The van der Waals surface area contributed by atoms with Crippen LogP contribution in [0.4, 0.5) is 0 Å². The van der Waals surface area contributed by atoms with E-state index in [0.717, 1.165) is 11.3 Å². The Morgan fingerprint density at radius 2 is 1.95 bits per heavy atom. The zero-order valence-corrected chi connectivity index (χ0v) is 12.4. The Morgan fingerprint density at radius 1 is 1.30 bits per heavy atom. The number of carbonyl (C=O) groups excluding carboxylic acids is 1. The van der Waals surface area contributed by atoms with Gasteiger partial charge in [0, 0.05) is 6.42 Å². The van der Waals surface area contributed by atoms with Gasteiger partial charge in [0.1, 0.15) is 10.4 Å². The molecule has 1 aromatic heterocycles. The maximum absolute atomic E-state index is 11.9. The van der Waals surface area contributed by atoms with E-state index in [1.54, 1.807) is 0 Å². The van der Waals surface area contributed by atoms with Crippen molar-refractivity contribution in [2.24, 2.45) is 0 Å². The molecule has 0 spiro atoms. The van der Waals surface area contributed by atoms with Crippen molar-refractivity contribution in [3.63, 3.8) is 0 Å². The number of nitrogens with one attached hydrogen (secondary N) is 1. The summed E-state index contributed by atoms with van der Waals surface area (Å²) in [6.07, 6.45) is -0.00173. The van der Waals surface area contributed by atoms with Crippen LogP contribution in [-0.4, -0.2) is 34.1 Å². The second-order valence-electron chi connectivity index (χ2n) is 3.89. The Balaban J connectivity index is 2.66. The third kappa shape index (κ3) is 4.99. The van der Waals surface area contributed by atoms with Gasteiger partial charge in [0.25, 0.3) is 5.91 Å². The van der Waals surface area contributed by atoms with E-state index in [1.165, 1.54) is 6.07 Å². The molecule has 1 atom stereocenters. The number of hydrogen-bond donors (Lipinski definition) is 3. The van der Waals surface area contributed by atoms with Crippen molar-refractivity contribution in [1.82, 2.24) is 5.32 Å². The minimum absolute atomic E-state index is 0.0167. The highest BCUT2D eigenvalue weighted by atomic mass is 35.5. The molecule has 1 amide bonds. The van der Waals surface area contributed by atoms with Crippen molar-refractivity contribution in [3.8, 4) is 0 Å². The summed E-state index contributed by atoms with van der Waals surface area (Å²) in [7, 11) is 0. The number of rotatable bonds is 7. The van der Waals surface area contributed by atoms with Crippen LogP contribution in [0.15, 0.2) is 6.07 Å². The average molecular weight is 340 g/mol. The molecule has 1 heterocycles. The Bertz CT molecular complexity index is 531. The van der Waals surface area contributed by atoms with Gasteiger partial charge in [-0.2, -0.15) is 0 Å². The van der Waals surface area contributed by atoms with Crippen LogP contribution in [0, 0.1) is 0 Å². The molecular weight excluding hydrogens is 329 g/mol. The van der Waals surface area contributed by atoms with Crippen LogP contribution in [0.3, 0.4) is 0 Å². The third-order valence-electron chi connectivity index (χ3n) is 2.39. The highest BCUT2D eigenvalue weighted by molar-refractivity contribution is 7.20. The quantitative estimate of drug-likeness (QED) is 0.707. The smallest absolute Gasteiger partial charge is 0.326 e. The fourth-order valence-corrected chi connectivity index (χ4v) is 2.90. The third-order valence-corrected chi connectivity index (χ3v) is 3.88. The van der Waals surface area contributed by atoms with E-state index in [2.05, 4.69) is 5.32 Å². The minimum atomic E-state index is -1.24. The van der Waals surface area contributed by atoms with E-state index in [9.17, 15) is 14.4 Å². The summed E-state index contributed by atoms with van der Waals surface area (Å²) < 4.78 is 0.486. The van der Waals surface area contributed by atoms with E-state index < -0.39 is 23.9 Å². The highest BCUT2D eigenvalue weighted by Crippen LogP contribution is 2.31. The van der Waals surface area contributed by atoms with Crippen LogP contribution in [0.25, 0.3) is 0 Å². The van der Waals surface area contributed by atoms with Gasteiger partial charge in [-0.1, -0.05) is 23.2 Å². The van der Waals surface area contributed by atoms with Crippen LogP contribution in [0.2, 0.25) is 8.67 Å². The number of carbonyl (C=O) groups is 3. The summed E-state index contributed by atoms with van der Waals surface area (Å²) in [5.41, 5.74) is 0.103. The first kappa shape index (κ1) is 16.7. The lowest BCUT2D eigenvalue weighted by molar-refractivity contribution is -0.140. The summed E-state index contributed by atoms with van der Waals surface area (Å²) in [6.45, 7) is 0. The van der Waals surface area contributed by atoms with Crippen molar-refractivity contribution in [1.29, 1.82) is 0 Å². The molecule has 0 saturated heterocycles. The number of halogens is 2. The number of amides is 1. The summed E-state index contributed by atoms with van der Waals surface area (Å²) in [5.74, 6) is -2.91. The van der Waals surface area contributed by atoms with Crippen LogP contribution in [0.1, 0.15) is 29.6 Å². The molecule has 20 heavy (non-hydrogen) atoms. The lowest BCUT2D eigenvalue weighted by atomic mass is 10.1. The molecule has 0 aliphatic carbocycles. The maximum Gasteiger partial charge on any atom is 0.326 e. The fraction of sp³-hybridized carbons (Fsp3) is 0.364. The van der Waals surface area contributed by atoms with Gasteiger partial charge in [-0.3, -0.25) is 9.59 Å². The summed E-state index contributed by atoms with van der Waals surface area (Å²) in [4.78, 5) is 33.3. The summed E-state index contributed by atoms with van der Waals surface area (Å²) >= 11 is 12.5. The Labute approximate surface area is 128 Å². The Hall–Kier alpha value is -1.31. The van der Waals surface area contributed by atoms with Crippen molar-refractivity contribution in [2.75, 3.05) is 0 Å². The van der Waals surface area contributed by atoms with Crippen molar-refractivity contribution in [2.45, 2.75) is 25.3 Å². The van der Waals surface area contributed by atoms with Gasteiger partial charge in [-0.25, -0.2) is 4.79 Å². The molecule has 110 valence electrons. The summed E-state index contributed by atoms with van der Waals surface area (Å²) in [5, 5.41) is 19.8. The topological polar surface area (TPSA) is 104 Å². The van der Waals surface area contributed by atoms with Gasteiger partial charge in [0.15, 0.2) is 0 Å². The number of carboxylic acid groups (broad SMARTS) is 2. The van der Waals surface area contributed by atoms with Crippen molar-refractivity contribution >= 4 is 52.4 Å². The number of thiophene rings is 1. The SMILES string of the molecule is O=C(O)CCC[C@@H](NC(=O)c1cc(Cl)sc1Cl)C(=O)O. The van der Waals surface area contributed by atoms with Crippen LogP contribution in [-0.2, 0) is 9.59 Å². The molecule has 1 rings (SSSR count). The predicted molar refractivity (Wildman–Crippen MR) is 74.7 cm³/mol. The van der Waals surface area contributed by atoms with Gasteiger partial charge < -0.3 is 15.5 Å². The molecule has 0 aromatic carbocycles. The Kier molecular flexibility index (Phi) is 6.25. The van der Waals surface area contributed by atoms with Crippen LogP contribution in [0.5, 0.6) is 0 Å². The maximum atomic E-state index is 11.9. The van der Waals surface area contributed by atoms with E-state index in [4.69, 9.17) is 33.4 Å². The van der Waals surface area contributed by atoms with Gasteiger partial charge >= 0.3 is 11.9 Å². The fourth-order valence-electron chi connectivity index (χ4n) is 1.45. The van der Waals surface area contributed by atoms with Gasteiger partial charge in [0.05, 0.1) is 9.90 Å². The zero-order chi connectivity index (χ0) is 15.3. The molecule has 0 aliphatic heterocycles. The molecule has 0 unspecified atom stereocenters. The second kappa shape index (κ2) is 7.47. The first-order chi connectivity index (χ1) is 9.31. The number of hydrogen-bond acceptors (Lipinski definition) is 4. The first-order valence-electron chi connectivity index (χ1n) is 5.51. The van der Waals surface area contributed by atoms with Crippen LogP contribution < -0.4 is 5.32 Å². The van der Waals surface area contributed by atoms with Crippen molar-refractivity contribution < 1.29 is 24.6 Å².